The Labute approximate surface area is 155 Å². The van der Waals surface area contributed by atoms with Crippen LogP contribution in [-0.2, 0) is 9.53 Å². The Bertz CT molecular complexity index is 522. The van der Waals surface area contributed by atoms with Crippen LogP contribution in [0.5, 0.6) is 0 Å². The molecule has 1 N–H and O–H groups in total. The number of likely N-dealkylation sites (tertiary alicyclic amines) is 1. The molecule has 0 radical (unpaired) electrons. The van der Waals surface area contributed by atoms with Crippen molar-refractivity contribution in [3.63, 3.8) is 0 Å². The number of hydrogen-bond donors (Lipinski definition) is 1. The topological polar surface area (TPSA) is 61.9 Å². The van der Waals surface area contributed by atoms with Gasteiger partial charge in [0.2, 0.25) is 5.91 Å². The number of amides is 2. The van der Waals surface area contributed by atoms with Gasteiger partial charge in [0.05, 0.1) is 12.4 Å². The van der Waals surface area contributed by atoms with Crippen molar-refractivity contribution in [2.75, 3.05) is 40.8 Å². The van der Waals surface area contributed by atoms with Crippen LogP contribution in [0.2, 0.25) is 0 Å². The fourth-order valence-corrected chi connectivity index (χ4v) is 4.94. The van der Waals surface area contributed by atoms with Gasteiger partial charge in [-0.1, -0.05) is 12.5 Å². The largest absolute Gasteiger partial charge is 0.453 e. The van der Waals surface area contributed by atoms with Crippen LogP contribution in [0.15, 0.2) is 10.5 Å². The minimum atomic E-state index is -0.435. The average molecular weight is 370 g/mol. The van der Waals surface area contributed by atoms with E-state index < -0.39 is 6.09 Å². The maximum atomic E-state index is 13.0. The zero-order valence-electron chi connectivity index (χ0n) is 15.8. The number of carbonyl (C=O) groups excluding carboxylic acids is 2. The zero-order valence-corrected chi connectivity index (χ0v) is 16.7. The Kier molecular flexibility index (Phi) is 7.62. The lowest BCUT2D eigenvalue weighted by Gasteiger charge is -2.27. The first kappa shape index (κ1) is 20.1. The predicted molar refractivity (Wildman–Crippen MR) is 102 cm³/mol. The van der Waals surface area contributed by atoms with Crippen LogP contribution in [0.4, 0.5) is 4.79 Å². The van der Waals surface area contributed by atoms with E-state index in [0.717, 1.165) is 45.2 Å². The van der Waals surface area contributed by atoms with Crippen molar-refractivity contribution in [3.05, 3.63) is 10.5 Å². The van der Waals surface area contributed by atoms with Crippen LogP contribution in [0.25, 0.3) is 0 Å². The summed E-state index contributed by atoms with van der Waals surface area (Å²) in [7, 11) is 5.52. The molecule has 7 heteroatoms. The molecule has 2 aliphatic rings. The summed E-state index contributed by atoms with van der Waals surface area (Å²) in [5.74, 6) is 0.227. The van der Waals surface area contributed by atoms with Crippen LogP contribution in [-0.4, -0.2) is 73.9 Å². The van der Waals surface area contributed by atoms with Gasteiger partial charge in [0.1, 0.15) is 0 Å². The fourth-order valence-electron chi connectivity index (χ4n) is 3.47. The summed E-state index contributed by atoms with van der Waals surface area (Å²) >= 11 is 1.76. The summed E-state index contributed by atoms with van der Waals surface area (Å²) in [6, 6.07) is 0.0862. The van der Waals surface area contributed by atoms with Crippen LogP contribution in [0.3, 0.4) is 0 Å². The first-order valence-corrected chi connectivity index (χ1v) is 9.98. The predicted octanol–water partition coefficient (Wildman–Crippen LogP) is 2.45. The summed E-state index contributed by atoms with van der Waals surface area (Å²) in [6.45, 7) is 4.45. The Balaban J connectivity index is 1.93. The van der Waals surface area contributed by atoms with Crippen molar-refractivity contribution >= 4 is 23.8 Å². The van der Waals surface area contributed by atoms with Gasteiger partial charge in [-0.3, -0.25) is 4.79 Å². The maximum Gasteiger partial charge on any atom is 0.406 e. The molecule has 6 nitrogen and oxygen atoms in total. The number of hydrogen-bond acceptors (Lipinski definition) is 5. The van der Waals surface area contributed by atoms with Gasteiger partial charge in [0, 0.05) is 25.7 Å². The molecule has 2 aliphatic heterocycles. The molecule has 2 heterocycles. The normalized spacial score (nSPS) is 23.5. The fraction of sp³-hybridized carbons (Fsp3) is 0.778. The molecule has 0 bridgehead atoms. The molecule has 2 amide bonds. The molecule has 2 atom stereocenters. The molecule has 142 valence electrons. The summed E-state index contributed by atoms with van der Waals surface area (Å²) < 4.78 is 4.63. The van der Waals surface area contributed by atoms with Gasteiger partial charge in [-0.2, -0.15) is 0 Å². The van der Waals surface area contributed by atoms with Gasteiger partial charge >= 0.3 is 6.09 Å². The highest BCUT2D eigenvalue weighted by Crippen LogP contribution is 2.42. The van der Waals surface area contributed by atoms with E-state index in [1.54, 1.807) is 11.8 Å². The number of alkyl carbamates (subject to hydrolysis) is 1. The molecule has 1 unspecified atom stereocenters. The van der Waals surface area contributed by atoms with E-state index in [2.05, 4.69) is 36.0 Å². The molecule has 0 aromatic rings. The van der Waals surface area contributed by atoms with Crippen molar-refractivity contribution in [1.29, 1.82) is 0 Å². The highest BCUT2D eigenvalue weighted by atomic mass is 32.2. The van der Waals surface area contributed by atoms with E-state index >= 15 is 0 Å². The minimum absolute atomic E-state index is 0.00541. The second kappa shape index (κ2) is 9.48. The lowest BCUT2D eigenvalue weighted by molar-refractivity contribution is -0.131. The third kappa shape index (κ3) is 5.38. The molecule has 1 fully saturated rings. The number of ether oxygens (including phenoxy) is 1. The van der Waals surface area contributed by atoms with Crippen LogP contribution >= 0.6 is 11.8 Å². The van der Waals surface area contributed by atoms with Gasteiger partial charge in [-0.05, 0) is 51.1 Å². The molecule has 0 aromatic heterocycles. The van der Waals surface area contributed by atoms with E-state index in [4.69, 9.17) is 0 Å². The molecule has 0 aliphatic carbocycles. The molecule has 0 saturated carbocycles. The molecule has 0 spiro atoms. The second-order valence-corrected chi connectivity index (χ2v) is 8.24. The number of nitrogens with one attached hydrogen (secondary N) is 1. The third-order valence-electron chi connectivity index (χ3n) is 4.93. The third-order valence-corrected chi connectivity index (χ3v) is 6.36. The zero-order chi connectivity index (χ0) is 18.4. The number of methoxy groups -OCH3 is 1. The standard InChI is InChI=1S/C18H31N3O3S/c1-5-13-11-16(25-15(13)8-10-20(2)3)17(22)21-9-6-7-14(21)12-19-18(23)24-4/h14,16H,5-12H2,1-4H3,(H,19,23)/t14-,16?/m0/s1. The van der Waals surface area contributed by atoms with Gasteiger partial charge < -0.3 is 19.9 Å². The SMILES string of the molecule is CCC1=C(CCN(C)C)SC(C(=O)N2CCC[C@H]2CNC(=O)OC)C1. The van der Waals surface area contributed by atoms with E-state index in [1.165, 1.54) is 17.6 Å². The van der Waals surface area contributed by atoms with E-state index in [9.17, 15) is 9.59 Å². The number of rotatable bonds is 7. The Morgan fingerprint density at radius 3 is 2.80 bits per heavy atom. The van der Waals surface area contributed by atoms with E-state index in [1.807, 2.05) is 4.90 Å². The maximum absolute atomic E-state index is 13.0. The molecule has 25 heavy (non-hydrogen) atoms. The Hall–Kier alpha value is -1.21. The Morgan fingerprint density at radius 2 is 2.16 bits per heavy atom. The lowest BCUT2D eigenvalue weighted by atomic mass is 10.1. The molecule has 0 aromatic carbocycles. The van der Waals surface area contributed by atoms with E-state index in [-0.39, 0.29) is 17.2 Å². The molecular weight excluding hydrogens is 338 g/mol. The molecule has 1 saturated heterocycles. The summed E-state index contributed by atoms with van der Waals surface area (Å²) in [5, 5.41) is 2.74. The van der Waals surface area contributed by atoms with Gasteiger partial charge in [0.25, 0.3) is 0 Å². The number of allylic oxidation sites excluding steroid dienone is 1. The highest BCUT2D eigenvalue weighted by Gasteiger charge is 2.37. The summed E-state index contributed by atoms with van der Waals surface area (Å²) in [5.41, 5.74) is 1.44. The lowest BCUT2D eigenvalue weighted by Crippen LogP contribution is -2.46. The molecular formula is C18H31N3O3S. The van der Waals surface area contributed by atoms with Gasteiger partial charge in [-0.15, -0.1) is 11.8 Å². The first-order valence-electron chi connectivity index (χ1n) is 9.10. The average Bonchev–Trinajstić information content (AvgIpc) is 3.23. The van der Waals surface area contributed by atoms with Crippen LogP contribution < -0.4 is 5.32 Å². The summed E-state index contributed by atoms with van der Waals surface area (Å²) in [6.07, 6.45) is 4.42. The van der Waals surface area contributed by atoms with Crippen molar-refractivity contribution < 1.29 is 14.3 Å². The Morgan fingerprint density at radius 1 is 1.40 bits per heavy atom. The van der Waals surface area contributed by atoms with Crippen molar-refractivity contribution in [2.45, 2.75) is 50.3 Å². The highest BCUT2D eigenvalue weighted by molar-refractivity contribution is 8.04. The van der Waals surface area contributed by atoms with Crippen molar-refractivity contribution in [2.24, 2.45) is 0 Å². The van der Waals surface area contributed by atoms with Crippen molar-refractivity contribution in [1.82, 2.24) is 15.1 Å². The van der Waals surface area contributed by atoms with Crippen LogP contribution in [0.1, 0.15) is 39.0 Å². The number of nitrogens with zero attached hydrogens (tertiary/aromatic N) is 2. The van der Waals surface area contributed by atoms with Crippen molar-refractivity contribution in [3.8, 4) is 0 Å². The summed E-state index contributed by atoms with van der Waals surface area (Å²) in [4.78, 5) is 29.9. The second-order valence-electron chi connectivity index (χ2n) is 6.94. The van der Waals surface area contributed by atoms with Gasteiger partial charge in [0.15, 0.2) is 0 Å². The monoisotopic (exact) mass is 369 g/mol. The quantitative estimate of drug-likeness (QED) is 0.747. The molecule has 2 rings (SSSR count). The van der Waals surface area contributed by atoms with E-state index in [0.29, 0.717) is 6.54 Å². The number of thioether (sulfide) groups is 1. The first-order chi connectivity index (χ1) is 12.0. The van der Waals surface area contributed by atoms with Gasteiger partial charge in [-0.25, -0.2) is 4.79 Å². The minimum Gasteiger partial charge on any atom is -0.453 e. The smallest absolute Gasteiger partial charge is 0.406 e. The van der Waals surface area contributed by atoms with Crippen LogP contribution in [0, 0.1) is 0 Å². The number of carbonyl (C=O) groups is 2.